The van der Waals surface area contributed by atoms with Crippen molar-refractivity contribution in [3.8, 4) is 17.2 Å². The zero-order chi connectivity index (χ0) is 28.0. The lowest BCUT2D eigenvalue weighted by molar-refractivity contribution is -0.333. The Kier molecular flexibility index (Phi) is 12.6. The summed E-state index contributed by atoms with van der Waals surface area (Å²) in [5.74, 6) is -1.65. The third kappa shape index (κ3) is 9.25. The summed E-state index contributed by atoms with van der Waals surface area (Å²) in [4.78, 5) is 37.7. The first-order chi connectivity index (χ1) is 17.9. The number of hydrogen-bond acceptors (Lipinski definition) is 8. The maximum Gasteiger partial charge on any atom is 0.260 e. The number of quaternary nitrogens is 2. The molecule has 2 aromatic rings. The molecule has 0 saturated heterocycles. The second-order valence-corrected chi connectivity index (χ2v) is 10.7. The summed E-state index contributed by atoms with van der Waals surface area (Å²) in [6.07, 6.45) is 9.91. The molecule has 1 amide bonds. The summed E-state index contributed by atoms with van der Waals surface area (Å²) in [6, 6.07) is 6.59. The second kappa shape index (κ2) is 14.7. The molecule has 0 fully saturated rings. The van der Waals surface area contributed by atoms with Gasteiger partial charge in [0.25, 0.3) is 5.91 Å². The average molecular weight is 577 g/mol. The molecule has 11 nitrogen and oxygen atoms in total. The first-order valence-electron chi connectivity index (χ1n) is 12.3. The lowest BCUT2D eigenvalue weighted by atomic mass is 10.1. The molecule has 0 radical (unpaired) electrons. The highest BCUT2D eigenvalue weighted by Crippen LogP contribution is 2.48. The molecule has 12 heteroatoms. The predicted molar refractivity (Wildman–Crippen MR) is 157 cm³/mol. The van der Waals surface area contributed by atoms with Gasteiger partial charge in [-0.05, 0) is 65.5 Å². The lowest BCUT2D eigenvalue weighted by Gasteiger charge is -2.31. The van der Waals surface area contributed by atoms with E-state index in [4.69, 9.17) is 0 Å². The molecule has 40 heavy (non-hydrogen) atoms. The van der Waals surface area contributed by atoms with Gasteiger partial charge in [0.2, 0.25) is 0 Å². The van der Waals surface area contributed by atoms with Crippen LogP contribution in [0, 0.1) is 0 Å². The number of phosphoric acid groups is 1. The number of hydrogen-bond donors (Lipinski definition) is 5. The van der Waals surface area contributed by atoms with Crippen molar-refractivity contribution in [2.45, 2.75) is 53.4 Å². The summed E-state index contributed by atoms with van der Waals surface area (Å²) < 4.78 is 16.0. The Balaban J connectivity index is 0.00000400. The number of nitrogens with one attached hydrogen (secondary N) is 1. The van der Waals surface area contributed by atoms with Gasteiger partial charge >= 0.3 is 0 Å². The van der Waals surface area contributed by atoms with E-state index in [1.807, 2.05) is 13.0 Å². The van der Waals surface area contributed by atoms with Crippen molar-refractivity contribution in [1.29, 1.82) is 0 Å². The number of phosphoric ester groups is 1. The summed E-state index contributed by atoms with van der Waals surface area (Å²) in [7, 11) is -5.50. The van der Waals surface area contributed by atoms with Crippen LogP contribution in [0.4, 0.5) is 17.1 Å². The van der Waals surface area contributed by atoms with Crippen LogP contribution in [0.1, 0.15) is 63.7 Å². The van der Waals surface area contributed by atoms with Crippen molar-refractivity contribution in [3.05, 3.63) is 70.8 Å². The Hall–Kier alpha value is -3.60. The Morgan fingerprint density at radius 2 is 1.60 bits per heavy atom. The fourth-order valence-corrected chi connectivity index (χ4v) is 4.50. The molecule has 1 heterocycles. The predicted octanol–water partition coefficient (Wildman–Crippen LogP) is 6.18. The van der Waals surface area contributed by atoms with Gasteiger partial charge in [-0.1, -0.05) is 41.0 Å². The number of carbonyl (C=O) groups is 1. The van der Waals surface area contributed by atoms with E-state index in [0.717, 1.165) is 37.3 Å². The molecule has 220 valence electrons. The minimum absolute atomic E-state index is 0. The largest absolute Gasteiger partial charge is 0.780 e. The van der Waals surface area contributed by atoms with Crippen LogP contribution in [0.5, 0.6) is 17.2 Å². The lowest BCUT2D eigenvalue weighted by Crippen LogP contribution is -2.30. The molecule has 0 spiro atoms. The van der Waals surface area contributed by atoms with Gasteiger partial charge in [0.1, 0.15) is 25.0 Å². The topological polar surface area (TPSA) is 218 Å². The van der Waals surface area contributed by atoms with Gasteiger partial charge in [0.05, 0.1) is 16.9 Å². The number of carbonyl (C=O) groups excluding carboxylic acids is 1. The molecule has 11 N–H and O–H groups in total. The molecular formula is C28H41N4O7P. The monoisotopic (exact) mass is 576 g/mol. The van der Waals surface area contributed by atoms with Crippen molar-refractivity contribution in [1.82, 2.24) is 12.3 Å². The standard InChI is InChI=1S/C28H35N2O7P.2H3N/c1-18(2)8-5-9-19(3)10-6-11-20(4)14-15-30-23-16-21(31)17-25(37-38(34,35)36)27(23)29-26-22(28(30)33)12-7-13-24(26)32;;/h7-8,10,12-14,16-17,29,31-32H,5-6,9,11,15H2,1-4H3,(H2,34,35,36);2*1H3/b19-10+,20-14+;;. The van der Waals surface area contributed by atoms with E-state index in [2.05, 4.69) is 42.8 Å². The SMILES string of the molecule is CC(C)=CCC/C(C)=C/CC/C(C)=C/CN1C(=O)c2cccc(O)c2Nc2c(OP(=O)([O-])[O-])cc(O)cc21.[NH4+].[NH4+]. The van der Waals surface area contributed by atoms with Crippen molar-refractivity contribution in [2.75, 3.05) is 16.8 Å². The number of aromatic hydroxyl groups is 2. The van der Waals surface area contributed by atoms with Gasteiger partial charge in [-0.15, -0.1) is 0 Å². The fraction of sp³-hybridized carbons (Fsp3) is 0.321. The van der Waals surface area contributed by atoms with Crippen molar-refractivity contribution < 1.29 is 33.9 Å². The number of nitrogens with zero attached hydrogens (tertiary/aromatic N) is 1. The van der Waals surface area contributed by atoms with E-state index in [-0.39, 0.29) is 47.2 Å². The number of rotatable bonds is 10. The summed E-state index contributed by atoms with van der Waals surface area (Å²) in [5.41, 5.74) is 3.83. The summed E-state index contributed by atoms with van der Waals surface area (Å²) in [6.45, 7) is 8.32. The maximum absolute atomic E-state index is 13.6. The number of para-hydroxylation sites is 1. The first-order valence-corrected chi connectivity index (χ1v) is 13.8. The van der Waals surface area contributed by atoms with Gasteiger partial charge < -0.3 is 51.6 Å². The van der Waals surface area contributed by atoms with Crippen LogP contribution in [0.3, 0.4) is 0 Å². The number of phenolic OH excluding ortho intramolecular Hbond substituents is 2. The van der Waals surface area contributed by atoms with Crippen LogP contribution in [-0.4, -0.2) is 22.7 Å². The maximum atomic E-state index is 13.6. The first kappa shape index (κ1) is 34.4. The zero-order valence-electron chi connectivity index (χ0n) is 24.0. The molecule has 0 saturated carbocycles. The quantitative estimate of drug-likeness (QED) is 0.0948. The highest BCUT2D eigenvalue weighted by atomic mass is 31.2. The van der Waals surface area contributed by atoms with Gasteiger partial charge in [0.15, 0.2) is 5.75 Å². The Labute approximate surface area is 235 Å². The highest BCUT2D eigenvalue weighted by Gasteiger charge is 2.30. The number of fused-ring (bicyclic) bond motifs is 2. The van der Waals surface area contributed by atoms with E-state index in [9.17, 15) is 29.4 Å². The molecule has 0 aliphatic carbocycles. The van der Waals surface area contributed by atoms with Gasteiger partial charge in [-0.3, -0.25) is 4.79 Å². The van der Waals surface area contributed by atoms with E-state index in [1.165, 1.54) is 40.3 Å². The molecule has 0 unspecified atom stereocenters. The Bertz CT molecular complexity index is 1340. The minimum Gasteiger partial charge on any atom is -0.780 e. The molecule has 0 bridgehead atoms. The number of phenols is 2. The molecule has 0 atom stereocenters. The molecule has 1 aliphatic rings. The number of allylic oxidation sites excluding steroid dienone is 5. The van der Waals surface area contributed by atoms with Crippen molar-refractivity contribution in [3.63, 3.8) is 0 Å². The van der Waals surface area contributed by atoms with Gasteiger partial charge in [0, 0.05) is 18.7 Å². The second-order valence-electron chi connectivity index (χ2n) is 9.58. The molecule has 2 aromatic carbocycles. The van der Waals surface area contributed by atoms with Crippen LogP contribution in [-0.2, 0) is 4.57 Å². The molecule has 3 rings (SSSR count). The highest BCUT2D eigenvalue weighted by molar-refractivity contribution is 7.43. The van der Waals surface area contributed by atoms with E-state index >= 15 is 0 Å². The Morgan fingerprint density at radius 3 is 2.23 bits per heavy atom. The number of benzene rings is 2. The zero-order valence-corrected chi connectivity index (χ0v) is 24.9. The van der Waals surface area contributed by atoms with Crippen molar-refractivity contribution in [2.24, 2.45) is 0 Å². The number of amides is 1. The van der Waals surface area contributed by atoms with Crippen LogP contribution < -0.4 is 36.8 Å². The number of anilines is 3. The van der Waals surface area contributed by atoms with Crippen LogP contribution in [0.25, 0.3) is 0 Å². The van der Waals surface area contributed by atoms with Gasteiger partial charge in [-0.25, -0.2) is 0 Å². The Morgan fingerprint density at radius 1 is 0.975 bits per heavy atom. The fourth-order valence-electron chi connectivity index (χ4n) is 4.11. The molecule has 1 aliphatic heterocycles. The van der Waals surface area contributed by atoms with Gasteiger partial charge in [-0.2, -0.15) is 0 Å². The van der Waals surface area contributed by atoms with Crippen molar-refractivity contribution >= 4 is 30.8 Å². The van der Waals surface area contributed by atoms with Crippen LogP contribution >= 0.6 is 7.82 Å². The molecular weight excluding hydrogens is 535 g/mol. The third-order valence-electron chi connectivity index (χ3n) is 6.08. The smallest absolute Gasteiger partial charge is 0.260 e. The summed E-state index contributed by atoms with van der Waals surface area (Å²) >= 11 is 0. The van der Waals surface area contributed by atoms with E-state index < -0.39 is 25.2 Å². The third-order valence-corrected chi connectivity index (χ3v) is 6.50. The minimum atomic E-state index is -5.50. The van der Waals surface area contributed by atoms with E-state index in [1.54, 1.807) is 0 Å². The van der Waals surface area contributed by atoms with Crippen LogP contribution in [0.15, 0.2) is 65.3 Å². The summed E-state index contributed by atoms with van der Waals surface area (Å²) in [5, 5.41) is 23.5. The normalized spacial score (nSPS) is 13.2. The van der Waals surface area contributed by atoms with Crippen LogP contribution in [0.2, 0.25) is 0 Å². The van der Waals surface area contributed by atoms with E-state index in [0.29, 0.717) is 0 Å². The molecule has 0 aromatic heterocycles. The average Bonchev–Trinajstić information content (AvgIpc) is 2.92.